The highest BCUT2D eigenvalue weighted by atomic mass is 35.5. The number of fused-ring (bicyclic) bond motifs is 1. The van der Waals surface area contributed by atoms with Gasteiger partial charge < -0.3 is 25.6 Å². The van der Waals surface area contributed by atoms with Gasteiger partial charge in [0.05, 0.1) is 6.04 Å². The number of aryl methyl sites for hydroxylation is 1. The molecule has 212 valence electrons. The average Bonchev–Trinajstić information content (AvgIpc) is 2.92. The van der Waals surface area contributed by atoms with E-state index in [4.69, 9.17) is 27.9 Å². The van der Waals surface area contributed by atoms with E-state index in [0.29, 0.717) is 54.8 Å². The highest BCUT2D eigenvalue weighted by Crippen LogP contribution is 2.24. The molecule has 1 aliphatic heterocycles. The van der Waals surface area contributed by atoms with Gasteiger partial charge in [-0.25, -0.2) is 0 Å². The molecule has 2 aromatic rings. The Morgan fingerprint density at radius 3 is 2.41 bits per heavy atom. The summed E-state index contributed by atoms with van der Waals surface area (Å²) in [6.07, 6.45) is 3.04. The molecule has 3 atom stereocenters. The number of amides is 3. The second-order valence-corrected chi connectivity index (χ2v) is 10.7. The molecular formula is C29H38Cl2N4O4. The molecule has 0 saturated heterocycles. The maximum Gasteiger partial charge on any atom is 0.243 e. The average molecular weight is 578 g/mol. The van der Waals surface area contributed by atoms with Gasteiger partial charge >= 0.3 is 0 Å². The van der Waals surface area contributed by atoms with E-state index in [-0.39, 0.29) is 18.2 Å². The van der Waals surface area contributed by atoms with Crippen LogP contribution < -0.4 is 20.7 Å². The van der Waals surface area contributed by atoms with Crippen LogP contribution in [0.5, 0.6) is 5.75 Å². The van der Waals surface area contributed by atoms with Crippen LogP contribution in [0.15, 0.2) is 42.5 Å². The lowest BCUT2D eigenvalue weighted by atomic mass is 10.0. The van der Waals surface area contributed by atoms with Gasteiger partial charge in [-0.1, -0.05) is 54.7 Å². The van der Waals surface area contributed by atoms with Crippen LogP contribution in [0.25, 0.3) is 0 Å². The molecule has 10 heteroatoms. The quantitative estimate of drug-likeness (QED) is 0.514. The van der Waals surface area contributed by atoms with Crippen LogP contribution >= 0.6 is 23.2 Å². The minimum atomic E-state index is -0.817. The van der Waals surface area contributed by atoms with Crippen LogP contribution in [0.3, 0.4) is 0 Å². The molecule has 3 amide bonds. The maximum atomic E-state index is 13.3. The molecule has 0 spiro atoms. The van der Waals surface area contributed by atoms with Gasteiger partial charge in [0.1, 0.15) is 24.4 Å². The van der Waals surface area contributed by atoms with E-state index in [1.54, 1.807) is 32.2 Å². The van der Waals surface area contributed by atoms with Gasteiger partial charge in [0.15, 0.2) is 0 Å². The summed E-state index contributed by atoms with van der Waals surface area (Å²) >= 11 is 12.2. The molecule has 8 nitrogen and oxygen atoms in total. The molecule has 0 aromatic heterocycles. The van der Waals surface area contributed by atoms with Gasteiger partial charge in [-0.15, -0.1) is 0 Å². The molecule has 0 saturated carbocycles. The summed E-state index contributed by atoms with van der Waals surface area (Å²) in [5.41, 5.74) is 1.84. The summed E-state index contributed by atoms with van der Waals surface area (Å²) in [6, 6.07) is 10.6. The van der Waals surface area contributed by atoms with Crippen LogP contribution in [-0.2, 0) is 27.2 Å². The molecule has 3 N–H and O–H groups in total. The highest BCUT2D eigenvalue weighted by Gasteiger charge is 2.30. The van der Waals surface area contributed by atoms with Gasteiger partial charge in [0.2, 0.25) is 17.7 Å². The Morgan fingerprint density at radius 2 is 1.69 bits per heavy atom. The van der Waals surface area contributed by atoms with Crippen molar-refractivity contribution in [3.8, 4) is 5.75 Å². The lowest BCUT2D eigenvalue weighted by Gasteiger charge is -2.30. The molecule has 0 unspecified atom stereocenters. The van der Waals surface area contributed by atoms with Crippen LogP contribution in [0, 0.1) is 0 Å². The number of nitrogens with zero attached hydrogens (tertiary/aromatic N) is 1. The molecule has 1 heterocycles. The molecule has 0 aliphatic carbocycles. The molecule has 39 heavy (non-hydrogen) atoms. The molecule has 0 radical (unpaired) electrons. The van der Waals surface area contributed by atoms with E-state index in [0.717, 1.165) is 17.5 Å². The number of ether oxygens (including phenoxy) is 1. The third kappa shape index (κ3) is 9.12. The first kappa shape index (κ1) is 30.7. The normalized spacial score (nSPS) is 22.1. The zero-order chi connectivity index (χ0) is 28.4. The van der Waals surface area contributed by atoms with Crippen molar-refractivity contribution in [2.24, 2.45) is 0 Å². The predicted octanol–water partition coefficient (Wildman–Crippen LogP) is 3.77. The van der Waals surface area contributed by atoms with E-state index in [9.17, 15) is 14.4 Å². The molecule has 1 aliphatic rings. The number of nitrogens with one attached hydrogen (secondary N) is 3. The van der Waals surface area contributed by atoms with Gasteiger partial charge in [0.25, 0.3) is 0 Å². The predicted molar refractivity (Wildman–Crippen MR) is 154 cm³/mol. The van der Waals surface area contributed by atoms with Crippen LogP contribution in [0.2, 0.25) is 10.0 Å². The van der Waals surface area contributed by atoms with E-state index in [2.05, 4.69) is 16.0 Å². The SMILES string of the molecule is CCC[C@@H]1NCCOc2cc(Cl)ccc2CCCNC(=O)[C@@H](Cc2ccc(Cl)cc2)NC(=O)[C@@H](C)N(C)C1=O. The highest BCUT2D eigenvalue weighted by molar-refractivity contribution is 6.30. The minimum Gasteiger partial charge on any atom is -0.492 e. The zero-order valence-electron chi connectivity index (χ0n) is 22.8. The van der Waals surface area contributed by atoms with Gasteiger partial charge in [-0.2, -0.15) is 0 Å². The van der Waals surface area contributed by atoms with Crippen molar-refractivity contribution in [1.82, 2.24) is 20.9 Å². The summed E-state index contributed by atoms with van der Waals surface area (Å²) in [5, 5.41) is 10.3. The van der Waals surface area contributed by atoms with E-state index in [1.165, 1.54) is 4.90 Å². The lowest BCUT2D eigenvalue weighted by molar-refractivity contribution is -0.141. The third-order valence-electron chi connectivity index (χ3n) is 6.87. The number of hydrogen-bond acceptors (Lipinski definition) is 5. The first-order chi connectivity index (χ1) is 18.7. The standard InChI is InChI=1S/C29H38Cl2N4O4/c1-4-6-24-29(38)35(3)19(2)27(36)34-25(17-20-8-11-22(30)12-9-20)28(37)33-14-5-7-21-10-13-23(31)18-26(21)39-16-15-32-24/h8-13,18-19,24-25,32H,4-7,14-17H2,1-3H3,(H,33,37)(H,34,36)/t19-,24+,25-/m1/s1. The summed E-state index contributed by atoms with van der Waals surface area (Å²) in [7, 11) is 1.61. The van der Waals surface area contributed by atoms with Gasteiger partial charge in [-0.05, 0) is 61.6 Å². The van der Waals surface area contributed by atoms with E-state index >= 15 is 0 Å². The van der Waals surface area contributed by atoms with Gasteiger partial charge in [-0.3, -0.25) is 14.4 Å². The molecular weight excluding hydrogens is 539 g/mol. The Morgan fingerprint density at radius 1 is 0.974 bits per heavy atom. The van der Waals surface area contributed by atoms with Crippen molar-refractivity contribution in [1.29, 1.82) is 0 Å². The number of likely N-dealkylation sites (N-methyl/N-ethyl adjacent to an activating group) is 1. The Balaban J connectivity index is 1.84. The number of carbonyl (C=O) groups is 3. The summed E-state index contributed by atoms with van der Waals surface area (Å²) in [4.78, 5) is 41.2. The van der Waals surface area contributed by atoms with Crippen molar-refractivity contribution in [3.05, 3.63) is 63.6 Å². The fourth-order valence-electron chi connectivity index (χ4n) is 4.45. The Labute approximate surface area is 240 Å². The summed E-state index contributed by atoms with van der Waals surface area (Å²) < 4.78 is 6.02. The number of rotatable bonds is 4. The Kier molecular flexibility index (Phi) is 11.9. The lowest BCUT2D eigenvalue weighted by Crippen LogP contribution is -2.56. The summed E-state index contributed by atoms with van der Waals surface area (Å²) in [5.74, 6) is -0.194. The smallest absolute Gasteiger partial charge is 0.243 e. The largest absolute Gasteiger partial charge is 0.492 e. The van der Waals surface area contributed by atoms with Crippen molar-refractivity contribution in [2.45, 2.75) is 64.1 Å². The van der Waals surface area contributed by atoms with Crippen LogP contribution in [0.4, 0.5) is 0 Å². The minimum absolute atomic E-state index is 0.192. The second kappa shape index (κ2) is 15.1. The van der Waals surface area contributed by atoms with Crippen molar-refractivity contribution in [2.75, 3.05) is 26.7 Å². The molecule has 0 bridgehead atoms. The first-order valence-corrected chi connectivity index (χ1v) is 14.2. The molecule has 2 aromatic carbocycles. The number of benzene rings is 2. The number of halogens is 2. The molecule has 3 rings (SSSR count). The number of carbonyl (C=O) groups excluding carboxylic acids is 3. The van der Waals surface area contributed by atoms with Crippen molar-refractivity contribution < 1.29 is 19.1 Å². The van der Waals surface area contributed by atoms with E-state index in [1.807, 2.05) is 31.2 Å². The number of hydrogen-bond donors (Lipinski definition) is 3. The summed E-state index contributed by atoms with van der Waals surface area (Å²) in [6.45, 7) is 4.89. The zero-order valence-corrected chi connectivity index (χ0v) is 24.3. The van der Waals surface area contributed by atoms with Gasteiger partial charge in [0, 0.05) is 36.6 Å². The second-order valence-electron chi connectivity index (χ2n) is 9.81. The maximum absolute atomic E-state index is 13.3. The Hall–Kier alpha value is -2.81. The Bertz CT molecular complexity index is 1130. The third-order valence-corrected chi connectivity index (χ3v) is 7.36. The molecule has 0 fully saturated rings. The van der Waals surface area contributed by atoms with Crippen molar-refractivity contribution >= 4 is 40.9 Å². The monoisotopic (exact) mass is 576 g/mol. The topological polar surface area (TPSA) is 99.8 Å². The van der Waals surface area contributed by atoms with E-state index < -0.39 is 24.0 Å². The van der Waals surface area contributed by atoms with Crippen LogP contribution in [-0.4, -0.2) is 67.5 Å². The van der Waals surface area contributed by atoms with Crippen LogP contribution in [0.1, 0.15) is 44.2 Å². The fraction of sp³-hybridized carbons (Fsp3) is 0.483. The fourth-order valence-corrected chi connectivity index (χ4v) is 4.74. The van der Waals surface area contributed by atoms with Crippen molar-refractivity contribution in [3.63, 3.8) is 0 Å². The first-order valence-electron chi connectivity index (χ1n) is 13.4.